The smallest absolute Gasteiger partial charge is 0.395 e. The summed E-state index contributed by atoms with van der Waals surface area (Å²) in [6, 6.07) is 8.67. The number of thiocarbonyl (C=S) groups is 1. The Balaban J connectivity index is 1.49. The van der Waals surface area contributed by atoms with Crippen LogP contribution in [0.3, 0.4) is 0 Å². The number of rotatable bonds is 2. The molecule has 0 amide bonds. The number of hydrogen-bond acceptors (Lipinski definition) is 4. The second kappa shape index (κ2) is 6.11. The lowest BCUT2D eigenvalue weighted by atomic mass is 10.1. The van der Waals surface area contributed by atoms with Crippen LogP contribution >= 0.6 is 12.2 Å². The molecule has 0 saturated carbocycles. The van der Waals surface area contributed by atoms with Gasteiger partial charge in [0.2, 0.25) is 0 Å². The molecule has 3 heterocycles. The van der Waals surface area contributed by atoms with E-state index in [-0.39, 0.29) is 17.5 Å². The highest BCUT2D eigenvalue weighted by Crippen LogP contribution is 2.42. The first-order valence-corrected chi connectivity index (χ1v) is 8.30. The molecule has 2 aliphatic heterocycles. The molecule has 2 aromatic rings. The van der Waals surface area contributed by atoms with Gasteiger partial charge in [0.15, 0.2) is 16.6 Å². The van der Waals surface area contributed by atoms with Gasteiger partial charge in [0.05, 0.1) is 6.04 Å². The minimum atomic E-state index is -3.62. The highest BCUT2D eigenvalue weighted by atomic mass is 32.1. The molecule has 8 heteroatoms. The summed E-state index contributed by atoms with van der Waals surface area (Å²) in [6.07, 6.45) is 1.94. The summed E-state index contributed by atoms with van der Waals surface area (Å²) in [5.41, 5.74) is 1.73. The van der Waals surface area contributed by atoms with Crippen LogP contribution in [0.2, 0.25) is 0 Å². The third-order valence-electron chi connectivity index (χ3n) is 4.26. The molecule has 0 bridgehead atoms. The van der Waals surface area contributed by atoms with Crippen LogP contribution in [0.5, 0.6) is 11.5 Å². The second-order valence-corrected chi connectivity index (χ2v) is 6.28. The van der Waals surface area contributed by atoms with E-state index in [9.17, 15) is 8.78 Å². The normalized spacial score (nSPS) is 20.6. The average molecular weight is 363 g/mol. The van der Waals surface area contributed by atoms with E-state index in [1.807, 2.05) is 12.1 Å². The monoisotopic (exact) mass is 363 g/mol. The molecule has 2 aliphatic rings. The molecule has 1 aromatic carbocycles. The van der Waals surface area contributed by atoms with Crippen molar-refractivity contribution < 1.29 is 18.3 Å². The Hall–Kier alpha value is -2.48. The van der Waals surface area contributed by atoms with Crippen LogP contribution in [-0.2, 0) is 0 Å². The third kappa shape index (κ3) is 3.21. The predicted molar refractivity (Wildman–Crippen MR) is 91.8 cm³/mol. The molecule has 1 atom stereocenters. The number of halogens is 2. The van der Waals surface area contributed by atoms with Crippen molar-refractivity contribution in [3.05, 3.63) is 48.3 Å². The molecule has 1 N–H and O–H groups in total. The summed E-state index contributed by atoms with van der Waals surface area (Å²) in [5, 5.41) is 3.65. The number of pyridine rings is 1. The largest absolute Gasteiger partial charge is 0.586 e. The van der Waals surface area contributed by atoms with Gasteiger partial charge in [-0.2, -0.15) is 0 Å². The van der Waals surface area contributed by atoms with E-state index in [1.165, 1.54) is 12.1 Å². The number of nitrogens with one attached hydrogen (secondary N) is 1. The number of nitrogens with zero attached hydrogens (tertiary/aromatic N) is 2. The first-order valence-electron chi connectivity index (χ1n) is 7.89. The summed E-state index contributed by atoms with van der Waals surface area (Å²) in [4.78, 5) is 6.15. The van der Waals surface area contributed by atoms with Crippen molar-refractivity contribution in [3.63, 3.8) is 0 Å². The van der Waals surface area contributed by atoms with Gasteiger partial charge in [-0.05, 0) is 54.9 Å². The summed E-state index contributed by atoms with van der Waals surface area (Å²) in [7, 11) is 0. The second-order valence-electron chi connectivity index (χ2n) is 5.89. The molecule has 130 valence electrons. The lowest BCUT2D eigenvalue weighted by molar-refractivity contribution is -0.286. The fraction of sp³-hybridized carbons (Fsp3) is 0.294. The van der Waals surface area contributed by atoms with Crippen molar-refractivity contribution >= 4 is 23.0 Å². The molecule has 4 rings (SSSR count). The zero-order chi connectivity index (χ0) is 17.4. The minimum Gasteiger partial charge on any atom is -0.395 e. The van der Waals surface area contributed by atoms with Crippen molar-refractivity contribution in [2.75, 3.05) is 11.9 Å². The Morgan fingerprint density at radius 2 is 1.96 bits per heavy atom. The Morgan fingerprint density at radius 3 is 2.76 bits per heavy atom. The van der Waals surface area contributed by atoms with Gasteiger partial charge in [-0.1, -0.05) is 0 Å². The van der Waals surface area contributed by atoms with Crippen LogP contribution in [0, 0.1) is 0 Å². The average Bonchev–Trinajstić information content (AvgIpc) is 3.18. The van der Waals surface area contributed by atoms with Gasteiger partial charge >= 0.3 is 6.29 Å². The van der Waals surface area contributed by atoms with E-state index >= 15 is 0 Å². The number of alkyl halides is 2. The van der Waals surface area contributed by atoms with E-state index < -0.39 is 6.29 Å². The van der Waals surface area contributed by atoms with Crippen LogP contribution in [-0.4, -0.2) is 27.8 Å². The van der Waals surface area contributed by atoms with E-state index in [0.717, 1.165) is 24.9 Å². The van der Waals surface area contributed by atoms with E-state index in [1.54, 1.807) is 18.5 Å². The van der Waals surface area contributed by atoms with Crippen LogP contribution < -0.4 is 14.8 Å². The van der Waals surface area contributed by atoms with E-state index in [0.29, 0.717) is 10.8 Å². The van der Waals surface area contributed by atoms with Gasteiger partial charge in [0.1, 0.15) is 0 Å². The number of hydrogen-bond donors (Lipinski definition) is 1. The molecule has 0 radical (unpaired) electrons. The molecule has 0 unspecified atom stereocenters. The first kappa shape index (κ1) is 16.0. The zero-order valence-corrected chi connectivity index (χ0v) is 13.9. The number of aromatic nitrogens is 1. The molecule has 5 nitrogen and oxygen atoms in total. The maximum atomic E-state index is 13.1. The maximum Gasteiger partial charge on any atom is 0.586 e. The third-order valence-corrected chi connectivity index (χ3v) is 4.59. The Kier molecular flexibility index (Phi) is 3.91. The first-order chi connectivity index (χ1) is 12.0. The van der Waals surface area contributed by atoms with Crippen LogP contribution in [0.4, 0.5) is 14.5 Å². The van der Waals surface area contributed by atoms with E-state index in [4.69, 9.17) is 12.2 Å². The molecule has 1 saturated heterocycles. The van der Waals surface area contributed by atoms with Crippen LogP contribution in [0.15, 0.2) is 42.7 Å². The highest BCUT2D eigenvalue weighted by molar-refractivity contribution is 7.80. The van der Waals surface area contributed by atoms with Gasteiger partial charge in [-0.25, -0.2) is 0 Å². The fourth-order valence-corrected chi connectivity index (χ4v) is 3.50. The molecule has 1 aromatic heterocycles. The summed E-state index contributed by atoms with van der Waals surface area (Å²) in [5.74, 6) is 0.00205. The lowest BCUT2D eigenvalue weighted by Crippen LogP contribution is -2.34. The molecule has 25 heavy (non-hydrogen) atoms. The number of anilines is 1. The molecule has 0 spiro atoms. The topological polar surface area (TPSA) is 46.6 Å². The Bertz CT molecular complexity index is 804. The Morgan fingerprint density at radius 1 is 1.20 bits per heavy atom. The zero-order valence-electron chi connectivity index (χ0n) is 13.1. The highest BCUT2D eigenvalue weighted by Gasteiger charge is 2.43. The molecule has 1 fully saturated rings. The predicted octanol–water partition coefficient (Wildman–Crippen LogP) is 3.94. The molecular weight excluding hydrogens is 348 g/mol. The van der Waals surface area contributed by atoms with Crippen molar-refractivity contribution in [2.24, 2.45) is 0 Å². The maximum absolute atomic E-state index is 13.1. The fourth-order valence-electron chi connectivity index (χ4n) is 3.16. The number of likely N-dealkylation sites (tertiary alicyclic amines) is 1. The van der Waals surface area contributed by atoms with Gasteiger partial charge in [-0.3, -0.25) is 4.98 Å². The summed E-state index contributed by atoms with van der Waals surface area (Å²) < 4.78 is 35.1. The number of ether oxygens (including phenoxy) is 2. The van der Waals surface area contributed by atoms with Crippen LogP contribution in [0.25, 0.3) is 0 Å². The van der Waals surface area contributed by atoms with Gasteiger partial charge in [-0.15, -0.1) is 8.78 Å². The number of fused-ring (bicyclic) bond motifs is 1. The standard InChI is InChI=1S/C17H15F2N3O2S/c18-17(19)23-14-4-3-12(10-15(14)24-17)21-16(25)22-9-1-2-13(22)11-5-7-20-8-6-11/h3-8,10,13H,1-2,9H2,(H,21,25)/t13-/m1/s1. The molecular formula is C17H15F2N3O2S. The van der Waals surface area contributed by atoms with Crippen LogP contribution in [0.1, 0.15) is 24.4 Å². The van der Waals surface area contributed by atoms with Crippen molar-refractivity contribution in [3.8, 4) is 11.5 Å². The van der Waals surface area contributed by atoms with Crippen molar-refractivity contribution in [1.82, 2.24) is 9.88 Å². The minimum absolute atomic E-state index is 0.00935. The SMILES string of the molecule is FC1(F)Oc2ccc(NC(=S)N3CCC[C@@H]3c3ccncc3)cc2O1. The van der Waals surface area contributed by atoms with Gasteiger partial charge < -0.3 is 19.7 Å². The Labute approximate surface area is 148 Å². The number of benzene rings is 1. The summed E-state index contributed by atoms with van der Waals surface area (Å²) >= 11 is 5.52. The molecule has 0 aliphatic carbocycles. The summed E-state index contributed by atoms with van der Waals surface area (Å²) in [6.45, 7) is 0.835. The van der Waals surface area contributed by atoms with E-state index in [2.05, 4.69) is 24.7 Å². The lowest BCUT2D eigenvalue weighted by Gasteiger charge is -2.28. The quantitative estimate of drug-likeness (QED) is 0.816. The van der Waals surface area contributed by atoms with Crippen molar-refractivity contribution in [2.45, 2.75) is 25.2 Å². The van der Waals surface area contributed by atoms with Gasteiger partial charge in [0.25, 0.3) is 0 Å². The van der Waals surface area contributed by atoms with Gasteiger partial charge in [0, 0.05) is 30.7 Å². The van der Waals surface area contributed by atoms with Crippen molar-refractivity contribution in [1.29, 1.82) is 0 Å².